The molecule has 5 heteroatoms. The van der Waals surface area contributed by atoms with Gasteiger partial charge in [0.05, 0.1) is 12.5 Å². The molecule has 0 aromatic carbocycles. The highest BCUT2D eigenvalue weighted by atomic mass is 16.4. The van der Waals surface area contributed by atoms with Crippen molar-refractivity contribution in [2.45, 2.75) is 70.0 Å². The summed E-state index contributed by atoms with van der Waals surface area (Å²) in [5.41, 5.74) is -0.274. The quantitative estimate of drug-likeness (QED) is 0.811. The van der Waals surface area contributed by atoms with Gasteiger partial charge in [0, 0.05) is 18.1 Å². The summed E-state index contributed by atoms with van der Waals surface area (Å²) in [6.07, 6.45) is 5.69. The lowest BCUT2D eigenvalue weighted by Gasteiger charge is -2.47. The van der Waals surface area contributed by atoms with Crippen LogP contribution in [0.4, 0.5) is 0 Å². The van der Waals surface area contributed by atoms with E-state index in [9.17, 15) is 9.59 Å². The van der Waals surface area contributed by atoms with Crippen molar-refractivity contribution in [3.63, 3.8) is 0 Å². The van der Waals surface area contributed by atoms with E-state index in [1.807, 2.05) is 13.8 Å². The lowest BCUT2D eigenvalue weighted by atomic mass is 9.88. The molecule has 1 saturated heterocycles. The van der Waals surface area contributed by atoms with Gasteiger partial charge in [-0.2, -0.15) is 0 Å². The Kier molecular flexibility index (Phi) is 4.13. The Bertz CT molecular complexity index is 362. The second-order valence-corrected chi connectivity index (χ2v) is 6.45. The van der Waals surface area contributed by atoms with E-state index in [2.05, 4.69) is 10.2 Å². The molecule has 0 bridgehead atoms. The van der Waals surface area contributed by atoms with Crippen LogP contribution in [0.5, 0.6) is 0 Å². The number of nitrogens with zero attached hydrogens (tertiary/aromatic N) is 1. The van der Waals surface area contributed by atoms with Crippen LogP contribution in [0.3, 0.4) is 0 Å². The monoisotopic (exact) mass is 268 g/mol. The summed E-state index contributed by atoms with van der Waals surface area (Å²) < 4.78 is 0. The number of aliphatic carboxylic acids is 1. The van der Waals surface area contributed by atoms with Gasteiger partial charge in [0.1, 0.15) is 0 Å². The predicted molar refractivity (Wildman–Crippen MR) is 71.8 cm³/mol. The van der Waals surface area contributed by atoms with Gasteiger partial charge in [0.25, 0.3) is 0 Å². The Balaban J connectivity index is 2.16. The van der Waals surface area contributed by atoms with Gasteiger partial charge < -0.3 is 10.4 Å². The maximum absolute atomic E-state index is 12.2. The maximum Gasteiger partial charge on any atom is 0.305 e. The molecule has 2 aliphatic rings. The molecule has 0 spiro atoms. The summed E-state index contributed by atoms with van der Waals surface area (Å²) in [6.45, 7) is 4.73. The van der Waals surface area contributed by atoms with Gasteiger partial charge in [0.15, 0.2) is 0 Å². The molecule has 1 aliphatic heterocycles. The smallest absolute Gasteiger partial charge is 0.305 e. The predicted octanol–water partition coefficient (Wildman–Crippen LogP) is 1.37. The van der Waals surface area contributed by atoms with Crippen LogP contribution in [-0.2, 0) is 9.59 Å². The minimum Gasteiger partial charge on any atom is -0.481 e. The highest BCUT2D eigenvalue weighted by Crippen LogP contribution is 2.29. The van der Waals surface area contributed by atoms with Crippen LogP contribution in [0.2, 0.25) is 0 Å². The fourth-order valence-electron chi connectivity index (χ4n) is 3.35. The number of carbonyl (C=O) groups excluding carboxylic acids is 1. The Morgan fingerprint density at radius 2 is 2.00 bits per heavy atom. The Hall–Kier alpha value is -1.10. The van der Waals surface area contributed by atoms with Gasteiger partial charge in [-0.05, 0) is 26.7 Å². The van der Waals surface area contributed by atoms with E-state index >= 15 is 0 Å². The van der Waals surface area contributed by atoms with E-state index in [-0.39, 0.29) is 17.9 Å². The largest absolute Gasteiger partial charge is 0.481 e. The summed E-state index contributed by atoms with van der Waals surface area (Å²) >= 11 is 0. The Morgan fingerprint density at radius 3 is 2.58 bits per heavy atom. The molecular formula is C14H24N2O3. The Labute approximate surface area is 114 Å². The maximum atomic E-state index is 12.2. The van der Waals surface area contributed by atoms with Crippen molar-refractivity contribution in [3.8, 4) is 0 Å². The summed E-state index contributed by atoms with van der Waals surface area (Å²) in [5, 5.41) is 12.0. The number of rotatable bonds is 3. The van der Waals surface area contributed by atoms with E-state index < -0.39 is 12.0 Å². The van der Waals surface area contributed by atoms with Crippen molar-refractivity contribution in [1.29, 1.82) is 0 Å². The minimum absolute atomic E-state index is 0.0988. The molecule has 1 aliphatic carbocycles. The number of carboxylic acids is 1. The third-order valence-corrected chi connectivity index (χ3v) is 4.15. The number of nitrogens with one attached hydrogen (secondary N) is 1. The van der Waals surface area contributed by atoms with Crippen molar-refractivity contribution in [1.82, 2.24) is 10.2 Å². The molecule has 5 nitrogen and oxygen atoms in total. The number of amides is 1. The number of carbonyl (C=O) groups is 2. The van der Waals surface area contributed by atoms with Crippen LogP contribution in [0, 0.1) is 0 Å². The first kappa shape index (κ1) is 14.3. The minimum atomic E-state index is -0.902. The van der Waals surface area contributed by atoms with Gasteiger partial charge in [-0.25, -0.2) is 0 Å². The Morgan fingerprint density at radius 1 is 1.37 bits per heavy atom. The first-order valence-corrected chi connectivity index (χ1v) is 7.19. The van der Waals surface area contributed by atoms with Gasteiger partial charge in [-0.1, -0.05) is 19.3 Å². The van der Waals surface area contributed by atoms with Crippen molar-refractivity contribution >= 4 is 11.9 Å². The molecule has 1 unspecified atom stereocenters. The zero-order chi connectivity index (χ0) is 14.0. The summed E-state index contributed by atoms with van der Waals surface area (Å²) in [4.78, 5) is 25.3. The molecule has 2 N–H and O–H groups in total. The van der Waals surface area contributed by atoms with Crippen molar-refractivity contribution in [2.75, 3.05) is 6.54 Å². The van der Waals surface area contributed by atoms with Crippen LogP contribution >= 0.6 is 0 Å². The third-order valence-electron chi connectivity index (χ3n) is 4.15. The van der Waals surface area contributed by atoms with E-state index in [1.165, 1.54) is 19.3 Å². The van der Waals surface area contributed by atoms with Gasteiger partial charge >= 0.3 is 5.97 Å². The third kappa shape index (κ3) is 3.47. The summed E-state index contributed by atoms with van der Waals surface area (Å²) in [6, 6.07) is -0.142. The van der Waals surface area contributed by atoms with Crippen molar-refractivity contribution < 1.29 is 14.7 Å². The molecular weight excluding hydrogens is 244 g/mol. The lowest BCUT2D eigenvalue weighted by molar-refractivity contribution is -0.146. The second-order valence-electron chi connectivity index (χ2n) is 6.45. The average Bonchev–Trinajstić information content (AvgIpc) is 2.32. The summed E-state index contributed by atoms with van der Waals surface area (Å²) in [7, 11) is 0. The molecule has 108 valence electrons. The van der Waals surface area contributed by atoms with Gasteiger partial charge in [0.2, 0.25) is 5.91 Å². The molecule has 1 heterocycles. The molecule has 0 aromatic heterocycles. The SMILES string of the molecule is CC1(C)CN(C2CCCCC2)C(CC(=O)O)C(=O)N1. The standard InChI is InChI=1S/C14H24N2O3/c1-14(2)9-16(10-6-4-3-5-7-10)11(8-12(17)18)13(19)15-14/h10-11H,3-9H2,1-2H3,(H,15,19)(H,17,18). The highest BCUT2D eigenvalue weighted by molar-refractivity contribution is 5.87. The van der Waals surface area contributed by atoms with E-state index in [0.717, 1.165) is 19.4 Å². The van der Waals surface area contributed by atoms with Gasteiger partial charge in [-0.3, -0.25) is 14.5 Å². The number of piperazine rings is 1. The zero-order valence-corrected chi connectivity index (χ0v) is 11.8. The molecule has 19 heavy (non-hydrogen) atoms. The van der Waals surface area contributed by atoms with Crippen molar-refractivity contribution in [3.05, 3.63) is 0 Å². The van der Waals surface area contributed by atoms with E-state index in [1.54, 1.807) is 0 Å². The average molecular weight is 268 g/mol. The van der Waals surface area contributed by atoms with Crippen LogP contribution in [-0.4, -0.2) is 46.1 Å². The molecule has 1 atom stereocenters. The van der Waals surface area contributed by atoms with Crippen LogP contribution < -0.4 is 5.32 Å². The molecule has 2 fully saturated rings. The lowest BCUT2D eigenvalue weighted by Crippen LogP contribution is -2.67. The van der Waals surface area contributed by atoms with Gasteiger partial charge in [-0.15, -0.1) is 0 Å². The van der Waals surface area contributed by atoms with Crippen LogP contribution in [0.1, 0.15) is 52.4 Å². The first-order valence-electron chi connectivity index (χ1n) is 7.19. The first-order chi connectivity index (χ1) is 8.89. The van der Waals surface area contributed by atoms with Crippen molar-refractivity contribution in [2.24, 2.45) is 0 Å². The molecule has 0 aromatic rings. The molecule has 1 saturated carbocycles. The number of hydrogen-bond donors (Lipinski definition) is 2. The fourth-order valence-corrected chi connectivity index (χ4v) is 3.35. The second kappa shape index (κ2) is 5.49. The van der Waals surface area contributed by atoms with Crippen LogP contribution in [0.25, 0.3) is 0 Å². The molecule has 0 radical (unpaired) electrons. The summed E-state index contributed by atoms with van der Waals surface area (Å²) in [5.74, 6) is -1.04. The number of hydrogen-bond acceptors (Lipinski definition) is 3. The van der Waals surface area contributed by atoms with Crippen LogP contribution in [0.15, 0.2) is 0 Å². The van der Waals surface area contributed by atoms with E-state index in [0.29, 0.717) is 6.04 Å². The number of carboxylic acid groups (broad SMARTS) is 1. The topological polar surface area (TPSA) is 69.6 Å². The fraction of sp³-hybridized carbons (Fsp3) is 0.857. The molecule has 1 amide bonds. The zero-order valence-electron chi connectivity index (χ0n) is 11.8. The molecule has 2 rings (SSSR count). The highest BCUT2D eigenvalue weighted by Gasteiger charge is 2.42. The normalized spacial score (nSPS) is 28.9. The van der Waals surface area contributed by atoms with E-state index in [4.69, 9.17) is 5.11 Å².